The van der Waals surface area contributed by atoms with Crippen molar-refractivity contribution in [3.05, 3.63) is 6.33 Å². The molecule has 0 aliphatic carbocycles. The van der Waals surface area contributed by atoms with Crippen molar-refractivity contribution >= 4 is 22.6 Å². The van der Waals surface area contributed by atoms with Gasteiger partial charge in [-0.2, -0.15) is 4.37 Å². The van der Waals surface area contributed by atoms with Crippen molar-refractivity contribution in [2.75, 3.05) is 5.32 Å². The fraction of sp³-hybridized carbons (Fsp3) is 0.625. The third kappa shape index (κ3) is 2.41. The van der Waals surface area contributed by atoms with Gasteiger partial charge in [-0.25, -0.2) is 9.78 Å². The van der Waals surface area contributed by atoms with E-state index < -0.39 is 11.5 Å². The first-order valence-electron chi connectivity index (χ1n) is 4.37. The molecule has 14 heavy (non-hydrogen) atoms. The van der Waals surface area contributed by atoms with Crippen LogP contribution < -0.4 is 5.32 Å². The molecule has 0 saturated carbocycles. The van der Waals surface area contributed by atoms with Gasteiger partial charge in [0.1, 0.15) is 11.9 Å². The molecule has 5 nitrogen and oxygen atoms in total. The maximum absolute atomic E-state index is 11.0. The zero-order chi connectivity index (χ0) is 10.6. The van der Waals surface area contributed by atoms with Crippen LogP contribution in [-0.4, -0.2) is 26.0 Å². The molecule has 1 aromatic heterocycles. The van der Waals surface area contributed by atoms with Gasteiger partial charge in [-0.15, -0.1) is 0 Å². The maximum atomic E-state index is 11.0. The van der Waals surface area contributed by atoms with Crippen LogP contribution in [0, 0.1) is 0 Å². The Morgan fingerprint density at radius 3 is 2.93 bits per heavy atom. The highest BCUT2D eigenvalue weighted by Gasteiger charge is 2.32. The Morgan fingerprint density at radius 2 is 2.50 bits per heavy atom. The zero-order valence-corrected chi connectivity index (χ0v) is 8.97. The van der Waals surface area contributed by atoms with Gasteiger partial charge in [-0.1, -0.05) is 13.3 Å². The largest absolute Gasteiger partial charge is 0.480 e. The van der Waals surface area contributed by atoms with Crippen LogP contribution >= 0.6 is 11.5 Å². The van der Waals surface area contributed by atoms with Crippen LogP contribution in [0.4, 0.5) is 5.13 Å². The number of carboxylic acids is 1. The van der Waals surface area contributed by atoms with Crippen molar-refractivity contribution in [2.45, 2.75) is 32.2 Å². The third-order valence-corrected chi connectivity index (χ3v) is 2.55. The number of anilines is 1. The molecule has 0 amide bonds. The summed E-state index contributed by atoms with van der Waals surface area (Å²) >= 11 is 1.16. The van der Waals surface area contributed by atoms with Crippen LogP contribution in [0.25, 0.3) is 0 Å². The highest BCUT2D eigenvalue weighted by Crippen LogP contribution is 2.20. The second-order valence-electron chi connectivity index (χ2n) is 3.26. The topological polar surface area (TPSA) is 75.1 Å². The molecule has 0 radical (unpaired) electrons. The lowest BCUT2D eigenvalue weighted by Gasteiger charge is -2.24. The summed E-state index contributed by atoms with van der Waals surface area (Å²) in [5.74, 6) is -0.866. The second kappa shape index (κ2) is 4.36. The maximum Gasteiger partial charge on any atom is 0.329 e. The Morgan fingerprint density at radius 1 is 1.79 bits per heavy atom. The van der Waals surface area contributed by atoms with Gasteiger partial charge in [0, 0.05) is 11.5 Å². The predicted molar refractivity (Wildman–Crippen MR) is 54.5 cm³/mol. The van der Waals surface area contributed by atoms with Gasteiger partial charge in [0.25, 0.3) is 0 Å². The van der Waals surface area contributed by atoms with Gasteiger partial charge in [0.2, 0.25) is 5.13 Å². The standard InChI is InChI=1S/C8H13N3O2S/c1-3-4-8(2,6(12)13)11-7-9-5-10-14-7/h5H,3-4H2,1-2H3,(H,12,13)(H,9,10,11). The second-order valence-corrected chi connectivity index (χ2v) is 4.04. The average Bonchev–Trinajstić information content (AvgIpc) is 2.56. The molecule has 0 aliphatic rings. The Bertz CT molecular complexity index is 302. The molecule has 0 fully saturated rings. The molecule has 0 spiro atoms. The molecular weight excluding hydrogens is 202 g/mol. The van der Waals surface area contributed by atoms with Gasteiger partial charge in [0.15, 0.2) is 0 Å². The quantitative estimate of drug-likeness (QED) is 0.780. The van der Waals surface area contributed by atoms with Crippen molar-refractivity contribution in [1.29, 1.82) is 0 Å². The monoisotopic (exact) mass is 215 g/mol. The van der Waals surface area contributed by atoms with Gasteiger partial charge in [0.05, 0.1) is 0 Å². The minimum atomic E-state index is -0.950. The number of hydrogen-bond acceptors (Lipinski definition) is 5. The van der Waals surface area contributed by atoms with E-state index in [1.807, 2.05) is 6.92 Å². The summed E-state index contributed by atoms with van der Waals surface area (Å²) in [5, 5.41) is 12.5. The van der Waals surface area contributed by atoms with Crippen LogP contribution in [-0.2, 0) is 4.79 Å². The fourth-order valence-corrected chi connectivity index (χ4v) is 1.75. The summed E-state index contributed by atoms with van der Waals surface area (Å²) in [4.78, 5) is 14.9. The molecule has 1 atom stereocenters. The average molecular weight is 215 g/mol. The number of rotatable bonds is 5. The summed E-state index contributed by atoms with van der Waals surface area (Å²) in [6, 6.07) is 0. The van der Waals surface area contributed by atoms with Gasteiger partial charge in [-0.05, 0) is 13.3 Å². The van der Waals surface area contributed by atoms with Crippen LogP contribution in [0.1, 0.15) is 26.7 Å². The molecule has 1 rings (SSSR count). The summed E-state index contributed by atoms with van der Waals surface area (Å²) in [6.45, 7) is 3.60. The summed E-state index contributed by atoms with van der Waals surface area (Å²) in [6.07, 6.45) is 2.76. The number of nitrogens with one attached hydrogen (secondary N) is 1. The molecular formula is C8H13N3O2S. The Hall–Kier alpha value is -1.17. The number of aromatic nitrogens is 2. The molecule has 1 heterocycles. The minimum Gasteiger partial charge on any atom is -0.480 e. The van der Waals surface area contributed by atoms with E-state index in [9.17, 15) is 4.79 Å². The van der Waals surface area contributed by atoms with Crippen LogP contribution in [0.2, 0.25) is 0 Å². The number of nitrogens with zero attached hydrogens (tertiary/aromatic N) is 2. The minimum absolute atomic E-state index is 0.545. The molecule has 0 aromatic carbocycles. The number of aliphatic carboxylic acids is 1. The van der Waals surface area contributed by atoms with Crippen molar-refractivity contribution in [1.82, 2.24) is 9.36 Å². The number of carbonyl (C=O) groups is 1. The first kappa shape index (κ1) is 10.9. The van der Waals surface area contributed by atoms with E-state index in [1.54, 1.807) is 6.92 Å². The molecule has 78 valence electrons. The van der Waals surface area contributed by atoms with E-state index in [2.05, 4.69) is 14.7 Å². The summed E-state index contributed by atoms with van der Waals surface area (Å²) in [5.41, 5.74) is -0.950. The van der Waals surface area contributed by atoms with Crippen molar-refractivity contribution in [3.63, 3.8) is 0 Å². The van der Waals surface area contributed by atoms with Gasteiger partial charge >= 0.3 is 5.97 Å². The van der Waals surface area contributed by atoms with Crippen LogP contribution in [0.15, 0.2) is 6.33 Å². The SMILES string of the molecule is CCCC(C)(Nc1ncns1)C(=O)O. The Kier molecular flexibility index (Phi) is 3.40. The van der Waals surface area contributed by atoms with E-state index in [0.717, 1.165) is 18.0 Å². The lowest BCUT2D eigenvalue weighted by Crippen LogP contribution is -2.43. The summed E-state index contributed by atoms with van der Waals surface area (Å²) < 4.78 is 3.80. The van der Waals surface area contributed by atoms with Crippen molar-refractivity contribution in [3.8, 4) is 0 Å². The lowest BCUT2D eigenvalue weighted by molar-refractivity contribution is -0.141. The highest BCUT2D eigenvalue weighted by molar-refractivity contribution is 7.09. The van der Waals surface area contributed by atoms with E-state index in [4.69, 9.17) is 5.11 Å². The van der Waals surface area contributed by atoms with Crippen LogP contribution in [0.3, 0.4) is 0 Å². The van der Waals surface area contributed by atoms with Crippen molar-refractivity contribution < 1.29 is 9.90 Å². The van der Waals surface area contributed by atoms with Gasteiger partial charge < -0.3 is 10.4 Å². The Balaban J connectivity index is 2.74. The first-order valence-corrected chi connectivity index (χ1v) is 5.14. The number of carboxylic acid groups (broad SMARTS) is 1. The molecule has 2 N–H and O–H groups in total. The van der Waals surface area contributed by atoms with E-state index in [-0.39, 0.29) is 0 Å². The first-order chi connectivity index (χ1) is 6.58. The summed E-state index contributed by atoms with van der Waals surface area (Å²) in [7, 11) is 0. The third-order valence-electron chi connectivity index (χ3n) is 1.97. The van der Waals surface area contributed by atoms with Crippen LogP contribution in [0.5, 0.6) is 0 Å². The smallest absolute Gasteiger partial charge is 0.329 e. The number of hydrogen-bond donors (Lipinski definition) is 2. The van der Waals surface area contributed by atoms with E-state index in [1.165, 1.54) is 6.33 Å². The lowest BCUT2D eigenvalue weighted by atomic mass is 9.97. The molecule has 0 aliphatic heterocycles. The molecule has 1 unspecified atom stereocenters. The molecule has 6 heteroatoms. The van der Waals surface area contributed by atoms with Crippen molar-refractivity contribution in [2.24, 2.45) is 0 Å². The predicted octanol–water partition coefficient (Wildman–Crippen LogP) is 1.59. The molecule has 1 aromatic rings. The van der Waals surface area contributed by atoms with E-state index in [0.29, 0.717) is 11.6 Å². The molecule has 0 saturated heterocycles. The fourth-order valence-electron chi connectivity index (χ4n) is 1.19. The van der Waals surface area contributed by atoms with Gasteiger partial charge in [-0.3, -0.25) is 0 Å². The Labute approximate surface area is 86.3 Å². The molecule has 0 bridgehead atoms. The highest BCUT2D eigenvalue weighted by atomic mass is 32.1. The zero-order valence-electron chi connectivity index (χ0n) is 8.15. The normalized spacial score (nSPS) is 14.7. The van der Waals surface area contributed by atoms with E-state index >= 15 is 0 Å².